The van der Waals surface area contributed by atoms with Gasteiger partial charge in [-0.2, -0.15) is 0 Å². The minimum Gasteiger partial charge on any atom is -0.496 e. The van der Waals surface area contributed by atoms with Crippen LogP contribution in [0.5, 0.6) is 17.2 Å². The normalized spacial score (nSPS) is 10.4. The van der Waals surface area contributed by atoms with E-state index in [2.05, 4.69) is 11.4 Å². The molecule has 2 aromatic carbocycles. The third kappa shape index (κ3) is 3.52. The molecule has 118 valence electrons. The Morgan fingerprint density at radius 2 is 1.45 bits per heavy atom. The lowest BCUT2D eigenvalue weighted by atomic mass is 10.1. The van der Waals surface area contributed by atoms with E-state index < -0.39 is 0 Å². The number of hydrogen-bond donors (Lipinski definition) is 1. The summed E-state index contributed by atoms with van der Waals surface area (Å²) in [6.45, 7) is 3.45. The Kier molecular flexibility index (Phi) is 5.67. The van der Waals surface area contributed by atoms with E-state index in [0.717, 1.165) is 40.5 Å². The van der Waals surface area contributed by atoms with Crippen molar-refractivity contribution >= 4 is 0 Å². The predicted octanol–water partition coefficient (Wildman–Crippen LogP) is 3.31. The van der Waals surface area contributed by atoms with E-state index in [1.807, 2.05) is 37.3 Å². The molecule has 4 nitrogen and oxygen atoms in total. The molecular weight excluding hydrogens is 278 g/mol. The summed E-state index contributed by atoms with van der Waals surface area (Å²) in [5, 5.41) is 3.43. The van der Waals surface area contributed by atoms with Gasteiger partial charge in [0.05, 0.1) is 21.3 Å². The van der Waals surface area contributed by atoms with Crippen LogP contribution in [0.15, 0.2) is 36.4 Å². The van der Waals surface area contributed by atoms with Gasteiger partial charge in [-0.3, -0.25) is 0 Å². The summed E-state index contributed by atoms with van der Waals surface area (Å²) < 4.78 is 16.2. The highest BCUT2D eigenvalue weighted by Gasteiger charge is 2.11. The van der Waals surface area contributed by atoms with Crippen LogP contribution in [-0.2, 0) is 13.1 Å². The minimum absolute atomic E-state index is 0.714. The van der Waals surface area contributed by atoms with Crippen LogP contribution in [-0.4, -0.2) is 21.3 Å². The number of ether oxygens (including phenoxy) is 3. The van der Waals surface area contributed by atoms with Crippen LogP contribution in [0.3, 0.4) is 0 Å². The smallest absolute Gasteiger partial charge is 0.129 e. The largest absolute Gasteiger partial charge is 0.496 e. The van der Waals surface area contributed by atoms with E-state index in [1.54, 1.807) is 21.3 Å². The molecule has 0 unspecified atom stereocenters. The van der Waals surface area contributed by atoms with Crippen molar-refractivity contribution in [1.29, 1.82) is 0 Å². The van der Waals surface area contributed by atoms with Gasteiger partial charge in [0.1, 0.15) is 17.2 Å². The van der Waals surface area contributed by atoms with Gasteiger partial charge in [-0.05, 0) is 19.1 Å². The average molecular weight is 301 g/mol. The molecule has 0 saturated carbocycles. The molecule has 2 aromatic rings. The molecule has 0 fully saturated rings. The number of rotatable bonds is 7. The van der Waals surface area contributed by atoms with Gasteiger partial charge in [-0.15, -0.1) is 0 Å². The van der Waals surface area contributed by atoms with E-state index >= 15 is 0 Å². The maximum absolute atomic E-state index is 5.52. The number of para-hydroxylation sites is 1. The first-order valence-electron chi connectivity index (χ1n) is 7.24. The highest BCUT2D eigenvalue weighted by Crippen LogP contribution is 2.31. The fraction of sp³-hybridized carbons (Fsp3) is 0.333. The summed E-state index contributed by atoms with van der Waals surface area (Å²) in [5.41, 5.74) is 3.26. The van der Waals surface area contributed by atoms with Crippen LogP contribution in [0, 0.1) is 6.92 Å². The van der Waals surface area contributed by atoms with Gasteiger partial charge in [0.15, 0.2) is 0 Å². The Bertz CT molecular complexity index is 626. The van der Waals surface area contributed by atoms with Gasteiger partial charge in [0.25, 0.3) is 0 Å². The zero-order chi connectivity index (χ0) is 15.9. The zero-order valence-electron chi connectivity index (χ0n) is 13.6. The van der Waals surface area contributed by atoms with Crippen LogP contribution < -0.4 is 19.5 Å². The number of hydrogen-bond acceptors (Lipinski definition) is 4. The molecule has 0 radical (unpaired) electrons. The maximum atomic E-state index is 5.52. The SMILES string of the molecule is COc1ccccc1CNCc1ccc(OC)c(C)c1OC. The van der Waals surface area contributed by atoms with E-state index in [-0.39, 0.29) is 0 Å². The van der Waals surface area contributed by atoms with E-state index in [0.29, 0.717) is 6.54 Å². The fourth-order valence-corrected chi connectivity index (χ4v) is 2.56. The summed E-state index contributed by atoms with van der Waals surface area (Å²) in [5.74, 6) is 2.60. The summed E-state index contributed by atoms with van der Waals surface area (Å²) >= 11 is 0. The van der Waals surface area contributed by atoms with Crippen molar-refractivity contribution in [2.24, 2.45) is 0 Å². The van der Waals surface area contributed by atoms with E-state index in [9.17, 15) is 0 Å². The second-order valence-corrected chi connectivity index (χ2v) is 5.00. The Hall–Kier alpha value is -2.20. The molecule has 0 spiro atoms. The first kappa shape index (κ1) is 16.2. The number of methoxy groups -OCH3 is 3. The first-order chi connectivity index (χ1) is 10.7. The lowest BCUT2D eigenvalue weighted by Gasteiger charge is -2.15. The molecule has 1 N–H and O–H groups in total. The molecule has 22 heavy (non-hydrogen) atoms. The molecule has 0 heterocycles. The molecule has 0 saturated heterocycles. The minimum atomic E-state index is 0.714. The summed E-state index contributed by atoms with van der Waals surface area (Å²) in [4.78, 5) is 0. The van der Waals surface area contributed by atoms with Crippen molar-refractivity contribution in [2.75, 3.05) is 21.3 Å². The summed E-state index contributed by atoms with van der Waals surface area (Å²) in [6.07, 6.45) is 0. The summed E-state index contributed by atoms with van der Waals surface area (Å²) in [6, 6.07) is 12.0. The molecule has 0 aliphatic rings. The Labute approximate surface area is 132 Å². The Morgan fingerprint density at radius 1 is 0.773 bits per heavy atom. The zero-order valence-corrected chi connectivity index (χ0v) is 13.6. The third-order valence-electron chi connectivity index (χ3n) is 3.69. The van der Waals surface area contributed by atoms with Gasteiger partial charge in [-0.25, -0.2) is 0 Å². The highest BCUT2D eigenvalue weighted by molar-refractivity contribution is 5.49. The van der Waals surface area contributed by atoms with Crippen molar-refractivity contribution in [3.05, 3.63) is 53.1 Å². The maximum Gasteiger partial charge on any atom is 0.129 e. The predicted molar refractivity (Wildman–Crippen MR) is 87.8 cm³/mol. The molecule has 0 aliphatic heterocycles. The van der Waals surface area contributed by atoms with Crippen molar-refractivity contribution in [2.45, 2.75) is 20.0 Å². The highest BCUT2D eigenvalue weighted by atomic mass is 16.5. The molecule has 0 aromatic heterocycles. The first-order valence-corrected chi connectivity index (χ1v) is 7.24. The Morgan fingerprint density at radius 3 is 2.14 bits per heavy atom. The van der Waals surface area contributed by atoms with Gasteiger partial charge in [-0.1, -0.05) is 24.3 Å². The van der Waals surface area contributed by atoms with Crippen LogP contribution in [0.25, 0.3) is 0 Å². The third-order valence-corrected chi connectivity index (χ3v) is 3.69. The molecule has 0 bridgehead atoms. The molecule has 0 amide bonds. The molecule has 2 rings (SSSR count). The Balaban J connectivity index is 2.07. The van der Waals surface area contributed by atoms with Crippen LogP contribution >= 0.6 is 0 Å². The van der Waals surface area contributed by atoms with Gasteiger partial charge >= 0.3 is 0 Å². The quantitative estimate of drug-likeness (QED) is 0.851. The second-order valence-electron chi connectivity index (χ2n) is 5.00. The van der Waals surface area contributed by atoms with E-state index in [1.165, 1.54) is 0 Å². The van der Waals surface area contributed by atoms with Gasteiger partial charge in [0.2, 0.25) is 0 Å². The van der Waals surface area contributed by atoms with Crippen LogP contribution in [0.4, 0.5) is 0 Å². The van der Waals surface area contributed by atoms with Gasteiger partial charge < -0.3 is 19.5 Å². The summed E-state index contributed by atoms with van der Waals surface area (Å²) in [7, 11) is 5.04. The lowest BCUT2D eigenvalue weighted by Crippen LogP contribution is -2.14. The molecule has 4 heteroatoms. The van der Waals surface area contributed by atoms with Crippen molar-refractivity contribution in [3.8, 4) is 17.2 Å². The molecule has 0 aliphatic carbocycles. The van der Waals surface area contributed by atoms with Crippen LogP contribution in [0.2, 0.25) is 0 Å². The van der Waals surface area contributed by atoms with E-state index in [4.69, 9.17) is 14.2 Å². The van der Waals surface area contributed by atoms with Gasteiger partial charge in [0, 0.05) is 29.8 Å². The van der Waals surface area contributed by atoms with Crippen molar-refractivity contribution in [3.63, 3.8) is 0 Å². The van der Waals surface area contributed by atoms with Crippen LogP contribution in [0.1, 0.15) is 16.7 Å². The van der Waals surface area contributed by atoms with Crippen molar-refractivity contribution in [1.82, 2.24) is 5.32 Å². The molecule has 0 atom stereocenters. The van der Waals surface area contributed by atoms with Crippen molar-refractivity contribution < 1.29 is 14.2 Å². The standard InChI is InChI=1S/C18H23NO3/c1-13-16(20-2)10-9-15(18(13)22-4)12-19-11-14-7-5-6-8-17(14)21-3/h5-10,19H,11-12H2,1-4H3. The fourth-order valence-electron chi connectivity index (χ4n) is 2.56. The monoisotopic (exact) mass is 301 g/mol. The average Bonchev–Trinajstić information content (AvgIpc) is 2.55. The topological polar surface area (TPSA) is 39.7 Å². The lowest BCUT2D eigenvalue weighted by molar-refractivity contribution is 0.384. The number of benzene rings is 2. The molecular formula is C18H23NO3. The number of nitrogens with one attached hydrogen (secondary N) is 1. The second kappa shape index (κ2) is 7.71.